The van der Waals surface area contributed by atoms with E-state index in [4.69, 9.17) is 0 Å². The molecule has 2 N–H and O–H groups in total. The van der Waals surface area contributed by atoms with Crippen molar-refractivity contribution >= 4 is 5.91 Å². The van der Waals surface area contributed by atoms with Gasteiger partial charge in [-0.15, -0.1) is 10.2 Å². The van der Waals surface area contributed by atoms with Gasteiger partial charge in [-0.05, 0) is 20.3 Å². The second kappa shape index (κ2) is 7.10. The van der Waals surface area contributed by atoms with Crippen molar-refractivity contribution in [3.05, 3.63) is 12.2 Å². The van der Waals surface area contributed by atoms with Crippen LogP contribution in [0.1, 0.15) is 39.4 Å². The van der Waals surface area contributed by atoms with Crippen LogP contribution in [0, 0.1) is 0 Å². The van der Waals surface area contributed by atoms with Gasteiger partial charge in [0.2, 0.25) is 5.91 Å². The lowest BCUT2D eigenvalue weighted by Crippen LogP contribution is -2.45. The molecule has 0 radical (unpaired) electrons. The summed E-state index contributed by atoms with van der Waals surface area (Å²) in [5.41, 5.74) is 0. The van der Waals surface area contributed by atoms with Crippen molar-refractivity contribution in [1.82, 2.24) is 25.4 Å². The van der Waals surface area contributed by atoms with E-state index in [1.165, 1.54) is 0 Å². The molecule has 2 unspecified atom stereocenters. The number of hydrogen-bond acceptors (Lipinski definition) is 4. The van der Waals surface area contributed by atoms with Crippen molar-refractivity contribution in [2.75, 3.05) is 0 Å². The van der Waals surface area contributed by atoms with Crippen molar-refractivity contribution in [2.24, 2.45) is 7.05 Å². The molecule has 102 valence electrons. The Morgan fingerprint density at radius 2 is 2.22 bits per heavy atom. The highest BCUT2D eigenvalue weighted by atomic mass is 16.2. The fourth-order valence-corrected chi connectivity index (χ4v) is 1.68. The Bertz CT molecular complexity index is 376. The fraction of sp³-hybridized carbons (Fsp3) is 0.750. The molecular weight excluding hydrogens is 230 g/mol. The number of aromatic nitrogens is 3. The summed E-state index contributed by atoms with van der Waals surface area (Å²) in [6, 6.07) is -0.0115. The summed E-state index contributed by atoms with van der Waals surface area (Å²) < 4.78 is 1.83. The van der Waals surface area contributed by atoms with Crippen LogP contribution in [-0.2, 0) is 18.4 Å². The van der Waals surface area contributed by atoms with Gasteiger partial charge in [0.1, 0.15) is 12.2 Å². The monoisotopic (exact) mass is 253 g/mol. The van der Waals surface area contributed by atoms with E-state index in [9.17, 15) is 4.79 Å². The Hall–Kier alpha value is -1.43. The van der Waals surface area contributed by atoms with Crippen molar-refractivity contribution in [2.45, 2.75) is 52.2 Å². The van der Waals surface area contributed by atoms with E-state index in [2.05, 4.69) is 27.8 Å². The minimum atomic E-state index is -0.235. The summed E-state index contributed by atoms with van der Waals surface area (Å²) in [7, 11) is 1.88. The zero-order chi connectivity index (χ0) is 13.5. The Balaban J connectivity index is 2.34. The number of carbonyl (C=O) groups excluding carboxylic acids is 1. The van der Waals surface area contributed by atoms with E-state index in [1.807, 2.05) is 25.5 Å². The van der Waals surface area contributed by atoms with Gasteiger partial charge in [0.05, 0.1) is 12.6 Å². The molecule has 18 heavy (non-hydrogen) atoms. The van der Waals surface area contributed by atoms with Gasteiger partial charge >= 0.3 is 0 Å². The molecule has 0 saturated heterocycles. The number of carbonyl (C=O) groups is 1. The van der Waals surface area contributed by atoms with Gasteiger partial charge in [-0.3, -0.25) is 10.1 Å². The molecule has 6 nitrogen and oxygen atoms in total. The number of nitrogens with zero attached hydrogens (tertiary/aromatic N) is 3. The van der Waals surface area contributed by atoms with Crippen molar-refractivity contribution in [1.29, 1.82) is 0 Å². The molecule has 0 aliphatic heterocycles. The third kappa shape index (κ3) is 4.44. The van der Waals surface area contributed by atoms with Crippen LogP contribution < -0.4 is 10.6 Å². The second-order valence-corrected chi connectivity index (χ2v) is 4.66. The number of nitrogens with one attached hydrogen (secondary N) is 2. The van der Waals surface area contributed by atoms with Gasteiger partial charge in [0.15, 0.2) is 0 Å². The van der Waals surface area contributed by atoms with E-state index < -0.39 is 0 Å². The largest absolute Gasteiger partial charge is 0.352 e. The molecule has 6 heteroatoms. The van der Waals surface area contributed by atoms with E-state index in [0.29, 0.717) is 6.54 Å². The molecule has 1 amide bonds. The normalized spacial score (nSPS) is 14.2. The predicted octanol–water partition coefficient (Wildman–Crippen LogP) is 0.598. The first-order chi connectivity index (χ1) is 8.54. The highest BCUT2D eigenvalue weighted by Gasteiger charge is 2.15. The summed E-state index contributed by atoms with van der Waals surface area (Å²) in [6.07, 6.45) is 3.72. The smallest absolute Gasteiger partial charge is 0.237 e. The van der Waals surface area contributed by atoms with Crippen LogP contribution in [0.25, 0.3) is 0 Å². The fourth-order valence-electron chi connectivity index (χ4n) is 1.68. The van der Waals surface area contributed by atoms with Crippen molar-refractivity contribution in [3.63, 3.8) is 0 Å². The lowest BCUT2D eigenvalue weighted by Gasteiger charge is -2.17. The van der Waals surface area contributed by atoms with Crippen LogP contribution in [0.5, 0.6) is 0 Å². The van der Waals surface area contributed by atoms with Crippen LogP contribution in [0.4, 0.5) is 0 Å². The lowest BCUT2D eigenvalue weighted by molar-refractivity contribution is -0.123. The molecule has 1 aromatic heterocycles. The van der Waals surface area contributed by atoms with Gasteiger partial charge in [-0.1, -0.05) is 13.3 Å². The minimum absolute atomic E-state index is 0.0260. The van der Waals surface area contributed by atoms with E-state index >= 15 is 0 Å². The molecule has 0 aliphatic rings. The summed E-state index contributed by atoms with van der Waals surface area (Å²) >= 11 is 0. The zero-order valence-corrected chi connectivity index (χ0v) is 11.6. The van der Waals surface area contributed by atoms with Gasteiger partial charge in [0.25, 0.3) is 0 Å². The number of rotatable bonds is 7. The Morgan fingerprint density at radius 1 is 1.50 bits per heavy atom. The third-order valence-corrected chi connectivity index (χ3v) is 2.88. The molecule has 1 rings (SSSR count). The average molecular weight is 253 g/mol. The summed E-state index contributed by atoms with van der Waals surface area (Å²) in [4.78, 5) is 11.9. The molecule has 0 bridgehead atoms. The first-order valence-corrected chi connectivity index (χ1v) is 6.41. The molecule has 0 aliphatic carbocycles. The molecule has 1 aromatic rings. The topological polar surface area (TPSA) is 71.8 Å². The third-order valence-electron chi connectivity index (χ3n) is 2.88. The number of aryl methyl sites for hydroxylation is 1. The predicted molar refractivity (Wildman–Crippen MR) is 69.8 cm³/mol. The van der Waals surface area contributed by atoms with E-state index in [-0.39, 0.29) is 18.0 Å². The Morgan fingerprint density at radius 3 is 2.78 bits per heavy atom. The molecule has 0 fully saturated rings. The minimum Gasteiger partial charge on any atom is -0.352 e. The maximum atomic E-state index is 11.9. The number of hydrogen-bond donors (Lipinski definition) is 2. The van der Waals surface area contributed by atoms with Gasteiger partial charge in [-0.25, -0.2) is 0 Å². The number of amides is 1. The molecule has 2 atom stereocenters. The summed E-state index contributed by atoms with van der Waals surface area (Å²) in [6.45, 7) is 6.52. The summed E-state index contributed by atoms with van der Waals surface area (Å²) in [5, 5.41) is 13.9. The van der Waals surface area contributed by atoms with E-state index in [0.717, 1.165) is 18.7 Å². The zero-order valence-electron chi connectivity index (χ0n) is 11.6. The van der Waals surface area contributed by atoms with Crippen molar-refractivity contribution in [3.8, 4) is 0 Å². The molecular formula is C12H23N5O. The highest BCUT2D eigenvalue weighted by Crippen LogP contribution is 1.97. The van der Waals surface area contributed by atoms with Gasteiger partial charge < -0.3 is 9.88 Å². The lowest BCUT2D eigenvalue weighted by atomic mass is 10.2. The maximum absolute atomic E-state index is 11.9. The van der Waals surface area contributed by atoms with Crippen LogP contribution in [-0.4, -0.2) is 32.8 Å². The van der Waals surface area contributed by atoms with Crippen LogP contribution in [0.2, 0.25) is 0 Å². The highest BCUT2D eigenvalue weighted by molar-refractivity contribution is 5.81. The molecule has 1 heterocycles. The van der Waals surface area contributed by atoms with Crippen LogP contribution in [0.15, 0.2) is 6.33 Å². The van der Waals surface area contributed by atoms with Crippen LogP contribution in [0.3, 0.4) is 0 Å². The second-order valence-electron chi connectivity index (χ2n) is 4.66. The Kier molecular flexibility index (Phi) is 5.77. The SMILES string of the molecule is CCCC(C)NC(=O)C(C)NCc1nncn1C. The Labute approximate surface area is 108 Å². The summed E-state index contributed by atoms with van der Waals surface area (Å²) in [5.74, 6) is 0.842. The van der Waals surface area contributed by atoms with Crippen LogP contribution >= 0.6 is 0 Å². The molecule has 0 aromatic carbocycles. The average Bonchev–Trinajstić information content (AvgIpc) is 2.72. The van der Waals surface area contributed by atoms with Gasteiger partial charge in [0, 0.05) is 13.1 Å². The quantitative estimate of drug-likeness (QED) is 0.746. The first kappa shape index (κ1) is 14.6. The maximum Gasteiger partial charge on any atom is 0.237 e. The molecule has 0 saturated carbocycles. The van der Waals surface area contributed by atoms with E-state index in [1.54, 1.807) is 6.33 Å². The van der Waals surface area contributed by atoms with Crippen molar-refractivity contribution < 1.29 is 4.79 Å². The molecule has 0 spiro atoms. The standard InChI is InChI=1S/C12H23N5O/c1-5-6-9(2)15-12(18)10(3)13-7-11-16-14-8-17(11)4/h8-10,13H,5-7H2,1-4H3,(H,15,18). The first-order valence-electron chi connectivity index (χ1n) is 6.41. The van der Waals surface area contributed by atoms with Gasteiger partial charge in [-0.2, -0.15) is 0 Å².